The van der Waals surface area contributed by atoms with Crippen molar-refractivity contribution in [1.82, 2.24) is 10.2 Å². The van der Waals surface area contributed by atoms with Gasteiger partial charge in [-0.15, -0.1) is 0 Å². The Balaban J connectivity index is 1.86. The van der Waals surface area contributed by atoms with Crippen LogP contribution >= 0.6 is 11.6 Å². The fourth-order valence-corrected chi connectivity index (χ4v) is 5.42. The Hall–Kier alpha value is -3.36. The number of halogens is 1. The van der Waals surface area contributed by atoms with E-state index in [1.807, 2.05) is 61.5 Å². The predicted molar refractivity (Wildman–Crippen MR) is 152 cm³/mol. The molecule has 0 aliphatic carbocycles. The highest BCUT2D eigenvalue weighted by Gasteiger charge is 2.30. The lowest BCUT2D eigenvalue weighted by atomic mass is 10.0. The van der Waals surface area contributed by atoms with Crippen LogP contribution in [0.3, 0.4) is 0 Å². The molecule has 0 aromatic heterocycles. The second-order valence-corrected chi connectivity index (χ2v) is 11.3. The Kier molecular flexibility index (Phi) is 10.7. The number of nitrogens with one attached hydrogen (secondary N) is 1. The Morgan fingerprint density at radius 3 is 2.13 bits per heavy atom. The van der Waals surface area contributed by atoms with Crippen molar-refractivity contribution in [2.24, 2.45) is 0 Å². The molecule has 0 aliphatic heterocycles. The topological polar surface area (TPSA) is 86.8 Å². The molecule has 0 unspecified atom stereocenters. The minimum absolute atomic E-state index is 0.0635. The number of carbonyl (C=O) groups excluding carboxylic acids is 2. The molecule has 0 aliphatic rings. The molecule has 1 N–H and O–H groups in total. The second-order valence-electron chi connectivity index (χ2n) is 8.99. The molecule has 0 fully saturated rings. The summed E-state index contributed by atoms with van der Waals surface area (Å²) in [6.07, 6.45) is 1.83. The van der Waals surface area contributed by atoms with Gasteiger partial charge < -0.3 is 10.2 Å². The first kappa shape index (κ1) is 29.2. The van der Waals surface area contributed by atoms with Gasteiger partial charge in [-0.1, -0.05) is 78.3 Å². The van der Waals surface area contributed by atoms with Gasteiger partial charge in [-0.2, -0.15) is 0 Å². The summed E-state index contributed by atoms with van der Waals surface area (Å²) in [5.74, 6) is -0.502. The van der Waals surface area contributed by atoms with Gasteiger partial charge in [-0.3, -0.25) is 13.9 Å². The molecule has 1 atom stereocenters. The molecule has 3 rings (SSSR count). The second kappa shape index (κ2) is 14.0. The van der Waals surface area contributed by atoms with Crippen molar-refractivity contribution < 1.29 is 18.0 Å². The van der Waals surface area contributed by atoms with Crippen molar-refractivity contribution in [1.29, 1.82) is 0 Å². The van der Waals surface area contributed by atoms with Gasteiger partial charge in [0.05, 0.1) is 11.9 Å². The number of para-hydroxylation sites is 1. The molecule has 2 amide bonds. The van der Waals surface area contributed by atoms with Gasteiger partial charge in [-0.25, -0.2) is 8.42 Å². The first-order valence-electron chi connectivity index (χ1n) is 12.6. The molecular formula is C29H34ClN3O4S. The van der Waals surface area contributed by atoms with E-state index in [0.717, 1.165) is 17.4 Å². The first-order chi connectivity index (χ1) is 18.2. The Labute approximate surface area is 230 Å². The highest BCUT2D eigenvalue weighted by Crippen LogP contribution is 2.22. The fraction of sp³-hybridized carbons (Fsp3) is 0.310. The summed E-state index contributed by atoms with van der Waals surface area (Å²) in [5.41, 5.74) is 2.19. The van der Waals surface area contributed by atoms with Gasteiger partial charge in [0.25, 0.3) is 0 Å². The lowest BCUT2D eigenvalue weighted by Crippen LogP contribution is -2.50. The fourth-order valence-electron chi connectivity index (χ4n) is 4.25. The number of anilines is 1. The number of hydrogen-bond acceptors (Lipinski definition) is 4. The standard InChI is InChI=1S/C29H34ClN3O4S/c1-3-31-29(35)27(21-23-13-6-4-7-14-23)32(22-24-15-10-11-18-26(24)30)28(34)19-12-20-33(38(2,36)37)25-16-8-5-9-17-25/h4-11,13-18,27H,3,12,19-22H2,1-2H3,(H,31,35)/t27-/m1/s1. The summed E-state index contributed by atoms with van der Waals surface area (Å²) in [5, 5.41) is 3.37. The molecule has 0 radical (unpaired) electrons. The molecule has 7 nitrogen and oxygen atoms in total. The third kappa shape index (κ3) is 8.33. The van der Waals surface area contributed by atoms with Crippen LogP contribution in [-0.2, 0) is 32.6 Å². The summed E-state index contributed by atoms with van der Waals surface area (Å²) in [6, 6.07) is 24.8. The summed E-state index contributed by atoms with van der Waals surface area (Å²) in [6.45, 7) is 2.56. The van der Waals surface area contributed by atoms with Crippen molar-refractivity contribution in [3.63, 3.8) is 0 Å². The van der Waals surface area contributed by atoms with E-state index in [1.165, 1.54) is 4.31 Å². The van der Waals surface area contributed by atoms with E-state index in [9.17, 15) is 18.0 Å². The largest absolute Gasteiger partial charge is 0.355 e. The third-order valence-electron chi connectivity index (χ3n) is 6.12. The van der Waals surface area contributed by atoms with Gasteiger partial charge >= 0.3 is 0 Å². The average molecular weight is 556 g/mol. The minimum atomic E-state index is -3.54. The number of rotatable bonds is 13. The zero-order chi connectivity index (χ0) is 27.5. The molecule has 0 bridgehead atoms. The molecular weight excluding hydrogens is 522 g/mol. The van der Waals surface area contributed by atoms with Crippen LogP contribution in [0, 0.1) is 0 Å². The molecule has 38 heavy (non-hydrogen) atoms. The molecule has 3 aromatic rings. The SMILES string of the molecule is CCNC(=O)[C@@H](Cc1ccccc1)N(Cc1ccccc1Cl)C(=O)CCCN(c1ccccc1)S(C)(=O)=O. The molecule has 202 valence electrons. The highest BCUT2D eigenvalue weighted by atomic mass is 35.5. The van der Waals surface area contributed by atoms with E-state index < -0.39 is 16.1 Å². The number of nitrogens with zero attached hydrogens (tertiary/aromatic N) is 2. The van der Waals surface area contributed by atoms with Crippen molar-refractivity contribution in [2.45, 2.75) is 38.8 Å². The Bertz CT molecular complexity index is 1300. The molecule has 0 saturated carbocycles. The van der Waals surface area contributed by atoms with Crippen molar-refractivity contribution in [3.05, 3.63) is 101 Å². The van der Waals surface area contributed by atoms with Crippen LogP contribution in [0.25, 0.3) is 0 Å². The Morgan fingerprint density at radius 2 is 1.53 bits per heavy atom. The Morgan fingerprint density at radius 1 is 0.921 bits per heavy atom. The zero-order valence-electron chi connectivity index (χ0n) is 21.7. The molecule has 0 heterocycles. The normalized spacial score (nSPS) is 12.0. The first-order valence-corrected chi connectivity index (χ1v) is 14.8. The lowest BCUT2D eigenvalue weighted by Gasteiger charge is -2.32. The van der Waals surface area contributed by atoms with Gasteiger partial charge in [0, 0.05) is 37.5 Å². The van der Waals surface area contributed by atoms with Crippen LogP contribution in [0.5, 0.6) is 0 Å². The quantitative estimate of drug-likeness (QED) is 0.332. The van der Waals surface area contributed by atoms with Crippen LogP contribution < -0.4 is 9.62 Å². The third-order valence-corrected chi connectivity index (χ3v) is 7.68. The van der Waals surface area contributed by atoms with Crippen LogP contribution in [0.1, 0.15) is 30.9 Å². The number of hydrogen-bond donors (Lipinski definition) is 1. The van der Waals surface area contributed by atoms with Crippen LogP contribution in [0.4, 0.5) is 5.69 Å². The zero-order valence-corrected chi connectivity index (χ0v) is 23.3. The summed E-state index contributed by atoms with van der Waals surface area (Å²) in [7, 11) is -3.54. The van der Waals surface area contributed by atoms with Crippen LogP contribution in [0.2, 0.25) is 5.02 Å². The number of amides is 2. The van der Waals surface area contributed by atoms with E-state index in [2.05, 4.69) is 5.32 Å². The van der Waals surface area contributed by atoms with E-state index >= 15 is 0 Å². The van der Waals surface area contributed by atoms with E-state index in [-0.39, 0.29) is 37.7 Å². The number of sulfonamides is 1. The van der Waals surface area contributed by atoms with Crippen LogP contribution in [0.15, 0.2) is 84.9 Å². The average Bonchev–Trinajstić information content (AvgIpc) is 2.90. The van der Waals surface area contributed by atoms with Gasteiger partial charge in [0.1, 0.15) is 6.04 Å². The monoisotopic (exact) mass is 555 g/mol. The predicted octanol–water partition coefficient (Wildman–Crippen LogP) is 4.66. The van der Waals surface area contributed by atoms with E-state index in [1.54, 1.807) is 35.2 Å². The van der Waals surface area contributed by atoms with Crippen LogP contribution in [-0.4, -0.2) is 50.5 Å². The number of likely N-dealkylation sites (N-methyl/N-ethyl adjacent to an activating group) is 1. The summed E-state index contributed by atoms with van der Waals surface area (Å²) >= 11 is 6.43. The van der Waals surface area contributed by atoms with Gasteiger partial charge in [0.15, 0.2) is 0 Å². The highest BCUT2D eigenvalue weighted by molar-refractivity contribution is 7.92. The molecule has 3 aromatic carbocycles. The minimum Gasteiger partial charge on any atom is -0.355 e. The van der Waals surface area contributed by atoms with Crippen molar-refractivity contribution in [2.75, 3.05) is 23.7 Å². The summed E-state index contributed by atoms with van der Waals surface area (Å²) < 4.78 is 26.2. The summed E-state index contributed by atoms with van der Waals surface area (Å²) in [4.78, 5) is 28.5. The number of carbonyl (C=O) groups is 2. The molecule has 0 saturated heterocycles. The van der Waals surface area contributed by atoms with E-state index in [0.29, 0.717) is 23.7 Å². The van der Waals surface area contributed by atoms with Gasteiger partial charge in [-0.05, 0) is 42.7 Å². The maximum Gasteiger partial charge on any atom is 0.243 e. The van der Waals surface area contributed by atoms with Crippen molar-refractivity contribution in [3.8, 4) is 0 Å². The van der Waals surface area contributed by atoms with E-state index in [4.69, 9.17) is 11.6 Å². The van der Waals surface area contributed by atoms with Gasteiger partial charge in [0.2, 0.25) is 21.8 Å². The maximum atomic E-state index is 13.7. The number of benzene rings is 3. The maximum absolute atomic E-state index is 13.7. The van der Waals surface area contributed by atoms with Crippen molar-refractivity contribution >= 4 is 39.1 Å². The molecule has 9 heteroatoms. The lowest BCUT2D eigenvalue weighted by molar-refractivity contribution is -0.141. The smallest absolute Gasteiger partial charge is 0.243 e. The molecule has 0 spiro atoms.